The molecule has 0 radical (unpaired) electrons. The normalized spacial score (nSPS) is 17.0. The van der Waals surface area contributed by atoms with Gasteiger partial charge < -0.3 is 19.7 Å². The molecule has 1 unspecified atom stereocenters. The molecule has 0 aromatic heterocycles. The first-order chi connectivity index (χ1) is 13.1. The molecule has 1 aliphatic rings. The van der Waals surface area contributed by atoms with E-state index in [1.165, 1.54) is 6.07 Å². The second-order valence-electron chi connectivity index (χ2n) is 6.21. The highest BCUT2D eigenvalue weighted by Crippen LogP contribution is 2.31. The Hall–Kier alpha value is -2.67. The average Bonchev–Trinajstić information content (AvgIpc) is 2.69. The van der Waals surface area contributed by atoms with Crippen LogP contribution in [0.3, 0.4) is 0 Å². The van der Waals surface area contributed by atoms with Crippen molar-refractivity contribution < 1.29 is 23.0 Å². The lowest BCUT2D eigenvalue weighted by Crippen LogP contribution is -2.49. The third-order valence-electron chi connectivity index (χ3n) is 4.59. The predicted molar refractivity (Wildman–Crippen MR) is 97.1 cm³/mol. The van der Waals surface area contributed by atoms with Crippen LogP contribution in [0.2, 0.25) is 0 Å². The summed E-state index contributed by atoms with van der Waals surface area (Å²) in [5.74, 6) is 0.605. The monoisotopic (exact) mass is 376 g/mol. The van der Waals surface area contributed by atoms with E-state index in [0.29, 0.717) is 30.9 Å². The highest BCUT2D eigenvalue weighted by molar-refractivity contribution is 5.80. The minimum atomic E-state index is -2.93. The van der Waals surface area contributed by atoms with Crippen molar-refractivity contribution in [2.24, 2.45) is 0 Å². The first-order valence-corrected chi connectivity index (χ1v) is 8.76. The fraction of sp³-hybridized carbons (Fsp3) is 0.350. The number of carbonyl (C=O) groups is 1. The lowest BCUT2D eigenvalue weighted by molar-refractivity contribution is -0.134. The smallest absolute Gasteiger partial charge is 0.387 e. The average molecular weight is 376 g/mol. The molecule has 0 saturated carbocycles. The van der Waals surface area contributed by atoms with Crippen LogP contribution in [0.1, 0.15) is 17.2 Å². The molecule has 2 aromatic carbocycles. The number of halogens is 2. The molecule has 5 nitrogen and oxygen atoms in total. The van der Waals surface area contributed by atoms with Crippen LogP contribution < -0.4 is 14.8 Å². The zero-order chi connectivity index (χ0) is 19.2. The summed E-state index contributed by atoms with van der Waals surface area (Å²) in [4.78, 5) is 14.8. The maximum atomic E-state index is 13.0. The highest BCUT2D eigenvalue weighted by atomic mass is 19.3. The van der Waals surface area contributed by atoms with E-state index < -0.39 is 6.61 Å². The summed E-state index contributed by atoms with van der Waals surface area (Å²) in [5, 5.41) is 3.30. The minimum absolute atomic E-state index is 0.00541. The summed E-state index contributed by atoms with van der Waals surface area (Å²) in [5.41, 5.74) is 1.36. The number of carbonyl (C=O) groups excluding carboxylic acids is 1. The summed E-state index contributed by atoms with van der Waals surface area (Å²) in [6.07, 6.45) is -0.00541. The van der Waals surface area contributed by atoms with Gasteiger partial charge in [-0.15, -0.1) is 0 Å². The fourth-order valence-electron chi connectivity index (χ4n) is 3.35. The standard InChI is InChI=1S/C20H22F2N2O3/c1-26-18-9-5-3-7-15(18)16-13-23-10-11-24(16)19(25)12-14-6-2-4-8-17(14)27-20(21)22/h2-9,16,20,23H,10-13H2,1H3. The van der Waals surface area contributed by atoms with Crippen LogP contribution in [0.25, 0.3) is 0 Å². The molecule has 0 bridgehead atoms. The van der Waals surface area contributed by atoms with Gasteiger partial charge in [0.1, 0.15) is 11.5 Å². The molecule has 2 aromatic rings. The van der Waals surface area contributed by atoms with E-state index in [1.807, 2.05) is 24.3 Å². The summed E-state index contributed by atoms with van der Waals surface area (Å²) in [7, 11) is 1.60. The van der Waals surface area contributed by atoms with Crippen LogP contribution in [0, 0.1) is 0 Å². The number of alkyl halides is 2. The van der Waals surface area contributed by atoms with Gasteiger partial charge in [0, 0.05) is 30.8 Å². The minimum Gasteiger partial charge on any atom is -0.496 e. The van der Waals surface area contributed by atoms with Crippen LogP contribution in [-0.2, 0) is 11.2 Å². The third kappa shape index (κ3) is 4.54. The third-order valence-corrected chi connectivity index (χ3v) is 4.59. The molecule has 144 valence electrons. The number of nitrogens with one attached hydrogen (secondary N) is 1. The van der Waals surface area contributed by atoms with Gasteiger partial charge in [0.25, 0.3) is 0 Å². The fourth-order valence-corrected chi connectivity index (χ4v) is 3.35. The molecule has 1 amide bonds. The Labute approximate surface area is 156 Å². The van der Waals surface area contributed by atoms with Gasteiger partial charge in [-0.25, -0.2) is 0 Å². The van der Waals surface area contributed by atoms with Crippen LogP contribution in [0.5, 0.6) is 11.5 Å². The van der Waals surface area contributed by atoms with Crippen molar-refractivity contribution in [2.75, 3.05) is 26.7 Å². The molecular weight excluding hydrogens is 354 g/mol. The molecule has 1 N–H and O–H groups in total. The largest absolute Gasteiger partial charge is 0.496 e. The quantitative estimate of drug-likeness (QED) is 0.842. The van der Waals surface area contributed by atoms with Gasteiger partial charge in [0.2, 0.25) is 5.91 Å². The van der Waals surface area contributed by atoms with E-state index >= 15 is 0 Å². The maximum absolute atomic E-state index is 13.0. The number of amides is 1. The van der Waals surface area contributed by atoms with E-state index in [0.717, 1.165) is 5.56 Å². The Kier molecular flexibility index (Phi) is 6.24. The Balaban J connectivity index is 1.82. The van der Waals surface area contributed by atoms with Crippen molar-refractivity contribution in [3.63, 3.8) is 0 Å². The lowest BCUT2D eigenvalue weighted by Gasteiger charge is -2.37. The molecule has 1 atom stereocenters. The zero-order valence-corrected chi connectivity index (χ0v) is 15.0. The van der Waals surface area contributed by atoms with E-state index in [9.17, 15) is 13.6 Å². The van der Waals surface area contributed by atoms with Crippen molar-refractivity contribution >= 4 is 5.91 Å². The number of ether oxygens (including phenoxy) is 2. The number of piperazine rings is 1. The van der Waals surface area contributed by atoms with Gasteiger partial charge in [0.05, 0.1) is 19.6 Å². The van der Waals surface area contributed by atoms with Crippen molar-refractivity contribution in [2.45, 2.75) is 19.1 Å². The Bertz CT molecular complexity index is 785. The zero-order valence-electron chi connectivity index (χ0n) is 15.0. The number of hydrogen-bond acceptors (Lipinski definition) is 4. The number of para-hydroxylation sites is 2. The molecule has 3 rings (SSSR count). The second kappa shape index (κ2) is 8.81. The van der Waals surface area contributed by atoms with E-state index in [1.54, 1.807) is 30.2 Å². The second-order valence-corrected chi connectivity index (χ2v) is 6.21. The highest BCUT2D eigenvalue weighted by Gasteiger charge is 2.30. The summed E-state index contributed by atoms with van der Waals surface area (Å²) in [6.45, 7) is -1.13. The molecule has 7 heteroatoms. The molecule has 1 heterocycles. The van der Waals surface area contributed by atoms with Gasteiger partial charge in [-0.05, 0) is 12.1 Å². The topological polar surface area (TPSA) is 50.8 Å². The number of nitrogens with zero attached hydrogens (tertiary/aromatic N) is 1. The predicted octanol–water partition coefficient (Wildman–Crippen LogP) is 3.01. The molecule has 0 aliphatic carbocycles. The molecule has 27 heavy (non-hydrogen) atoms. The summed E-state index contributed by atoms with van der Waals surface area (Å²) >= 11 is 0. The van der Waals surface area contributed by atoms with Crippen molar-refractivity contribution in [3.8, 4) is 11.5 Å². The van der Waals surface area contributed by atoms with E-state index in [2.05, 4.69) is 10.1 Å². The lowest BCUT2D eigenvalue weighted by atomic mass is 10.0. The van der Waals surface area contributed by atoms with Gasteiger partial charge >= 0.3 is 6.61 Å². The van der Waals surface area contributed by atoms with Gasteiger partial charge in [-0.3, -0.25) is 4.79 Å². The van der Waals surface area contributed by atoms with E-state index in [4.69, 9.17) is 4.74 Å². The first kappa shape index (κ1) is 19.1. The van der Waals surface area contributed by atoms with Gasteiger partial charge in [-0.2, -0.15) is 8.78 Å². The Morgan fingerprint density at radius 1 is 1.19 bits per heavy atom. The Morgan fingerprint density at radius 3 is 2.63 bits per heavy atom. The number of benzene rings is 2. The molecular formula is C20H22F2N2O3. The first-order valence-electron chi connectivity index (χ1n) is 8.76. The van der Waals surface area contributed by atoms with Gasteiger partial charge in [-0.1, -0.05) is 36.4 Å². The Morgan fingerprint density at radius 2 is 1.89 bits per heavy atom. The van der Waals surface area contributed by atoms with Gasteiger partial charge in [0.15, 0.2) is 0 Å². The maximum Gasteiger partial charge on any atom is 0.387 e. The van der Waals surface area contributed by atoms with E-state index in [-0.39, 0.29) is 24.1 Å². The summed E-state index contributed by atoms with van der Waals surface area (Å²) in [6, 6.07) is 13.8. The van der Waals surface area contributed by atoms with Crippen molar-refractivity contribution in [1.29, 1.82) is 0 Å². The van der Waals surface area contributed by atoms with Crippen molar-refractivity contribution in [3.05, 3.63) is 59.7 Å². The summed E-state index contributed by atoms with van der Waals surface area (Å²) < 4.78 is 35.2. The molecule has 1 fully saturated rings. The SMILES string of the molecule is COc1ccccc1C1CNCCN1C(=O)Cc1ccccc1OC(F)F. The van der Waals surface area contributed by atoms with Crippen LogP contribution in [0.4, 0.5) is 8.78 Å². The molecule has 0 spiro atoms. The van der Waals surface area contributed by atoms with Crippen LogP contribution in [-0.4, -0.2) is 44.2 Å². The van der Waals surface area contributed by atoms with Crippen LogP contribution >= 0.6 is 0 Å². The molecule has 1 aliphatic heterocycles. The molecule has 1 saturated heterocycles. The van der Waals surface area contributed by atoms with Crippen LogP contribution in [0.15, 0.2) is 48.5 Å². The number of rotatable bonds is 6. The number of hydrogen-bond donors (Lipinski definition) is 1. The number of methoxy groups -OCH3 is 1. The van der Waals surface area contributed by atoms with Crippen molar-refractivity contribution in [1.82, 2.24) is 10.2 Å².